The maximum absolute atomic E-state index is 11.6. The molecule has 1 heterocycles. The van der Waals surface area contributed by atoms with Gasteiger partial charge in [0.1, 0.15) is 5.56 Å². The van der Waals surface area contributed by atoms with Gasteiger partial charge < -0.3 is 10.1 Å². The highest BCUT2D eigenvalue weighted by Crippen LogP contribution is 2.27. The molecule has 0 saturated carbocycles. The predicted molar refractivity (Wildman–Crippen MR) is 67.4 cm³/mol. The van der Waals surface area contributed by atoms with E-state index >= 15 is 0 Å². The normalized spacial score (nSPS) is 10.3. The molecule has 0 fully saturated rings. The molecule has 0 amide bonds. The number of aromatic nitrogens is 1. The molecule has 0 atom stereocenters. The van der Waals surface area contributed by atoms with Crippen molar-refractivity contribution < 1.29 is 9.53 Å². The average Bonchev–Trinajstić information content (AvgIpc) is 2.37. The van der Waals surface area contributed by atoms with Crippen molar-refractivity contribution in [1.82, 2.24) is 4.98 Å². The highest BCUT2D eigenvalue weighted by Gasteiger charge is 2.15. The first-order chi connectivity index (χ1) is 8.19. The number of fused-ring (bicyclic) bond motifs is 1. The lowest BCUT2D eigenvalue weighted by molar-refractivity contribution is 0.0601. The monoisotopic (exact) mass is 230 g/mol. The van der Waals surface area contributed by atoms with Crippen LogP contribution in [-0.4, -0.2) is 25.1 Å². The van der Waals surface area contributed by atoms with Crippen molar-refractivity contribution in [2.75, 3.05) is 19.5 Å². The lowest BCUT2D eigenvalue weighted by Gasteiger charge is -2.11. The fourth-order valence-electron chi connectivity index (χ4n) is 1.90. The summed E-state index contributed by atoms with van der Waals surface area (Å²) in [7, 11) is 3.14. The van der Waals surface area contributed by atoms with Crippen molar-refractivity contribution >= 4 is 22.6 Å². The summed E-state index contributed by atoms with van der Waals surface area (Å²) in [4.78, 5) is 15.9. The van der Waals surface area contributed by atoms with E-state index in [-0.39, 0.29) is 5.97 Å². The van der Waals surface area contributed by atoms with Crippen LogP contribution in [0.3, 0.4) is 0 Å². The Balaban J connectivity index is 2.78. The standard InChI is InChI=1S/C13H14N2O2/c1-8-5-4-6-9-11(8)15-7-10(12(9)14-2)13(16)17-3/h4-7H,1-3H3,(H,14,15). The van der Waals surface area contributed by atoms with Crippen molar-refractivity contribution in [3.63, 3.8) is 0 Å². The fourth-order valence-corrected chi connectivity index (χ4v) is 1.90. The van der Waals surface area contributed by atoms with Gasteiger partial charge in [-0.2, -0.15) is 0 Å². The molecule has 0 aliphatic rings. The Morgan fingerprint density at radius 3 is 2.82 bits per heavy atom. The zero-order valence-electron chi connectivity index (χ0n) is 10.1. The van der Waals surface area contributed by atoms with Crippen molar-refractivity contribution in [1.29, 1.82) is 0 Å². The largest absolute Gasteiger partial charge is 0.465 e. The number of hydrogen-bond acceptors (Lipinski definition) is 4. The number of pyridine rings is 1. The SMILES string of the molecule is CNc1c(C(=O)OC)cnc2c(C)cccc12. The molecule has 1 aromatic heterocycles. The molecule has 2 aromatic rings. The van der Waals surface area contributed by atoms with E-state index < -0.39 is 0 Å². The highest BCUT2D eigenvalue weighted by atomic mass is 16.5. The summed E-state index contributed by atoms with van der Waals surface area (Å²) in [6.45, 7) is 1.99. The Bertz CT molecular complexity index is 579. The summed E-state index contributed by atoms with van der Waals surface area (Å²) in [5.74, 6) is -0.384. The third-order valence-corrected chi connectivity index (χ3v) is 2.75. The molecule has 1 N–H and O–H groups in total. The number of anilines is 1. The van der Waals surface area contributed by atoms with Crippen LogP contribution in [0.4, 0.5) is 5.69 Å². The van der Waals surface area contributed by atoms with Crippen LogP contribution >= 0.6 is 0 Å². The number of carbonyl (C=O) groups excluding carboxylic acids is 1. The van der Waals surface area contributed by atoms with Crippen LogP contribution in [0.2, 0.25) is 0 Å². The van der Waals surface area contributed by atoms with Gasteiger partial charge in [0.05, 0.1) is 18.3 Å². The second-order valence-corrected chi connectivity index (χ2v) is 3.76. The number of methoxy groups -OCH3 is 1. The minimum atomic E-state index is -0.384. The molecule has 0 bridgehead atoms. The summed E-state index contributed by atoms with van der Waals surface area (Å²) in [5.41, 5.74) is 3.18. The van der Waals surface area contributed by atoms with Crippen LogP contribution in [0, 0.1) is 6.92 Å². The smallest absolute Gasteiger partial charge is 0.341 e. The average molecular weight is 230 g/mol. The van der Waals surface area contributed by atoms with Gasteiger partial charge in [0.2, 0.25) is 0 Å². The number of carbonyl (C=O) groups is 1. The van der Waals surface area contributed by atoms with Gasteiger partial charge in [0.15, 0.2) is 0 Å². The summed E-state index contributed by atoms with van der Waals surface area (Å²) in [6, 6.07) is 5.88. The predicted octanol–water partition coefficient (Wildman–Crippen LogP) is 2.37. The Morgan fingerprint density at radius 1 is 1.41 bits per heavy atom. The molecule has 0 saturated heterocycles. The van der Waals surface area contributed by atoms with Crippen LogP contribution in [0.25, 0.3) is 10.9 Å². The summed E-state index contributed by atoms with van der Waals surface area (Å²) >= 11 is 0. The van der Waals surface area contributed by atoms with Gasteiger partial charge in [-0.3, -0.25) is 4.98 Å². The molecule has 88 valence electrons. The first-order valence-corrected chi connectivity index (χ1v) is 5.33. The van der Waals surface area contributed by atoms with E-state index in [1.165, 1.54) is 7.11 Å². The van der Waals surface area contributed by atoms with Crippen molar-refractivity contribution in [2.24, 2.45) is 0 Å². The summed E-state index contributed by atoms with van der Waals surface area (Å²) in [6.07, 6.45) is 1.55. The maximum Gasteiger partial charge on any atom is 0.341 e. The summed E-state index contributed by atoms with van der Waals surface area (Å²) < 4.78 is 4.74. The van der Waals surface area contributed by atoms with Gasteiger partial charge in [-0.25, -0.2) is 4.79 Å². The van der Waals surface area contributed by atoms with E-state index in [1.807, 2.05) is 25.1 Å². The van der Waals surface area contributed by atoms with E-state index in [2.05, 4.69) is 10.3 Å². The van der Waals surface area contributed by atoms with Crippen LogP contribution in [0.1, 0.15) is 15.9 Å². The number of esters is 1. The van der Waals surface area contributed by atoms with Gasteiger partial charge in [-0.05, 0) is 12.5 Å². The number of benzene rings is 1. The Hall–Kier alpha value is -2.10. The number of nitrogens with one attached hydrogen (secondary N) is 1. The first kappa shape index (κ1) is 11.4. The molecule has 4 heteroatoms. The number of rotatable bonds is 2. The Kier molecular flexibility index (Phi) is 2.95. The second kappa shape index (κ2) is 4.41. The van der Waals surface area contributed by atoms with Gasteiger partial charge in [-0.1, -0.05) is 18.2 Å². The van der Waals surface area contributed by atoms with Crippen molar-refractivity contribution in [2.45, 2.75) is 6.92 Å². The molecule has 2 rings (SSSR count). The summed E-state index contributed by atoms with van der Waals surface area (Å²) in [5, 5.41) is 3.97. The lowest BCUT2D eigenvalue weighted by Crippen LogP contribution is -2.07. The quantitative estimate of drug-likeness (QED) is 0.805. The van der Waals surface area contributed by atoms with Gasteiger partial charge >= 0.3 is 5.97 Å². The van der Waals surface area contributed by atoms with Gasteiger partial charge in [0.25, 0.3) is 0 Å². The molecular formula is C13H14N2O2. The van der Waals surface area contributed by atoms with E-state index in [4.69, 9.17) is 4.74 Å². The fraction of sp³-hybridized carbons (Fsp3) is 0.231. The van der Waals surface area contributed by atoms with Crippen molar-refractivity contribution in [3.8, 4) is 0 Å². The molecule has 1 aromatic carbocycles. The number of para-hydroxylation sites is 1. The van der Waals surface area contributed by atoms with E-state index in [0.717, 1.165) is 22.2 Å². The highest BCUT2D eigenvalue weighted by molar-refractivity contribution is 6.05. The molecule has 0 spiro atoms. The van der Waals surface area contributed by atoms with Crippen LogP contribution in [0.5, 0.6) is 0 Å². The number of hydrogen-bond donors (Lipinski definition) is 1. The number of ether oxygens (including phenoxy) is 1. The maximum atomic E-state index is 11.6. The molecule has 4 nitrogen and oxygen atoms in total. The van der Waals surface area contributed by atoms with Gasteiger partial charge in [-0.15, -0.1) is 0 Å². The Labute approximate surface area is 99.6 Å². The minimum absolute atomic E-state index is 0.384. The first-order valence-electron chi connectivity index (χ1n) is 5.33. The van der Waals surface area contributed by atoms with E-state index in [1.54, 1.807) is 13.2 Å². The van der Waals surface area contributed by atoms with Crippen LogP contribution in [-0.2, 0) is 4.74 Å². The second-order valence-electron chi connectivity index (χ2n) is 3.76. The Morgan fingerprint density at radius 2 is 2.18 bits per heavy atom. The molecule has 0 aliphatic carbocycles. The third-order valence-electron chi connectivity index (χ3n) is 2.75. The number of aryl methyl sites for hydroxylation is 1. The van der Waals surface area contributed by atoms with Gasteiger partial charge in [0, 0.05) is 18.6 Å². The van der Waals surface area contributed by atoms with Crippen LogP contribution in [0.15, 0.2) is 24.4 Å². The zero-order valence-corrected chi connectivity index (χ0v) is 10.1. The minimum Gasteiger partial charge on any atom is -0.465 e. The molecular weight excluding hydrogens is 216 g/mol. The molecule has 0 radical (unpaired) electrons. The molecule has 17 heavy (non-hydrogen) atoms. The van der Waals surface area contributed by atoms with Crippen LogP contribution < -0.4 is 5.32 Å². The zero-order chi connectivity index (χ0) is 12.4. The van der Waals surface area contributed by atoms with Crippen molar-refractivity contribution in [3.05, 3.63) is 35.5 Å². The third kappa shape index (κ3) is 1.82. The molecule has 0 aliphatic heterocycles. The van der Waals surface area contributed by atoms with E-state index in [0.29, 0.717) is 5.56 Å². The number of nitrogens with zero attached hydrogens (tertiary/aromatic N) is 1. The molecule has 0 unspecified atom stereocenters. The van der Waals surface area contributed by atoms with E-state index in [9.17, 15) is 4.79 Å². The lowest BCUT2D eigenvalue weighted by atomic mass is 10.1. The topological polar surface area (TPSA) is 51.2 Å².